The van der Waals surface area contributed by atoms with Crippen LogP contribution in [0.1, 0.15) is 13.0 Å². The zero-order valence-corrected chi connectivity index (χ0v) is 12.8. The monoisotopic (exact) mass is 302 g/mol. The lowest BCUT2D eigenvalue weighted by molar-refractivity contribution is -0.883. The number of hydrogen-bond acceptors (Lipinski definition) is 4. The maximum atomic E-state index is 12.6. The Balaban J connectivity index is 1.88. The molecule has 0 saturated carbocycles. The molecule has 0 spiro atoms. The van der Waals surface area contributed by atoms with E-state index in [1.807, 2.05) is 6.07 Å². The van der Waals surface area contributed by atoms with Crippen molar-refractivity contribution in [3.05, 3.63) is 34.6 Å². The second-order valence-corrected chi connectivity index (χ2v) is 5.81. The van der Waals surface area contributed by atoms with Crippen molar-refractivity contribution in [1.82, 2.24) is 19.9 Å². The van der Waals surface area contributed by atoms with Crippen LogP contribution < -0.4 is 10.5 Å². The molecule has 1 aromatic heterocycles. The average molecular weight is 302 g/mol. The van der Waals surface area contributed by atoms with Crippen LogP contribution in [0.2, 0.25) is 0 Å². The van der Waals surface area contributed by atoms with Crippen molar-refractivity contribution >= 4 is 16.8 Å². The highest BCUT2D eigenvalue weighted by molar-refractivity contribution is 5.81. The molecule has 1 amide bonds. The molecule has 7 nitrogen and oxygen atoms in total. The van der Waals surface area contributed by atoms with Crippen molar-refractivity contribution in [3.63, 3.8) is 0 Å². The summed E-state index contributed by atoms with van der Waals surface area (Å²) >= 11 is 0. The first-order chi connectivity index (χ1) is 10.6. The fourth-order valence-electron chi connectivity index (χ4n) is 2.73. The van der Waals surface area contributed by atoms with Crippen molar-refractivity contribution in [2.24, 2.45) is 0 Å². The molecular formula is C15H20N5O2+. The Morgan fingerprint density at radius 3 is 2.68 bits per heavy atom. The average Bonchev–Trinajstić information content (AvgIpc) is 2.55. The van der Waals surface area contributed by atoms with Crippen molar-refractivity contribution in [2.45, 2.75) is 13.0 Å². The molecule has 1 fully saturated rings. The summed E-state index contributed by atoms with van der Waals surface area (Å²) in [5.41, 5.74) is 0.276. The number of nitrogens with zero attached hydrogens (tertiary/aromatic N) is 4. The van der Waals surface area contributed by atoms with Gasteiger partial charge in [0.05, 0.1) is 38.6 Å². The first kappa shape index (κ1) is 14.6. The Kier molecular flexibility index (Phi) is 3.89. The van der Waals surface area contributed by atoms with Crippen molar-refractivity contribution in [1.29, 1.82) is 0 Å². The van der Waals surface area contributed by atoms with Gasteiger partial charge in [-0.3, -0.25) is 9.59 Å². The number of carbonyl (C=O) groups excluding carboxylic acids is 1. The van der Waals surface area contributed by atoms with Gasteiger partial charge in [0.15, 0.2) is 0 Å². The van der Waals surface area contributed by atoms with Gasteiger partial charge in [0.25, 0.3) is 5.56 Å². The highest BCUT2D eigenvalue weighted by atomic mass is 16.2. The molecule has 0 aliphatic carbocycles. The maximum Gasteiger partial charge on any atom is 0.278 e. The summed E-state index contributed by atoms with van der Waals surface area (Å²) in [6.07, 6.45) is 0. The molecule has 1 atom stereocenters. The van der Waals surface area contributed by atoms with E-state index < -0.39 is 6.04 Å². The highest BCUT2D eigenvalue weighted by Gasteiger charge is 2.27. The lowest BCUT2D eigenvalue weighted by atomic mass is 10.2. The molecule has 1 saturated heterocycles. The number of likely N-dealkylation sites (N-methyl/N-ethyl adjacent to an activating group) is 1. The van der Waals surface area contributed by atoms with Crippen LogP contribution in [-0.4, -0.2) is 59.0 Å². The topological polar surface area (TPSA) is 72.5 Å². The summed E-state index contributed by atoms with van der Waals surface area (Å²) < 4.78 is 1.19. The third-order valence-electron chi connectivity index (χ3n) is 4.24. The summed E-state index contributed by atoms with van der Waals surface area (Å²) in [6, 6.07) is 6.40. The number of hydrogen-bond donors (Lipinski definition) is 1. The number of aromatic nitrogens is 3. The number of fused-ring (bicyclic) bond motifs is 1. The van der Waals surface area contributed by atoms with Crippen LogP contribution in [0.3, 0.4) is 0 Å². The summed E-state index contributed by atoms with van der Waals surface area (Å²) in [5, 5.41) is 8.47. The van der Waals surface area contributed by atoms with E-state index in [-0.39, 0.29) is 11.5 Å². The first-order valence-corrected chi connectivity index (χ1v) is 7.52. The number of carbonyl (C=O) groups is 1. The van der Waals surface area contributed by atoms with E-state index in [9.17, 15) is 9.59 Å². The lowest BCUT2D eigenvalue weighted by Crippen LogP contribution is -3.12. The van der Waals surface area contributed by atoms with Gasteiger partial charge >= 0.3 is 0 Å². The standard InChI is InChI=1S/C15H19N5O2/c1-11(14(21)19-9-7-18(2)8-10-19)20-15(22)12-5-3-4-6-13(12)16-17-20/h3-6,11H,7-10H2,1-2H3/p+1/t11-/m0/s1. The molecule has 0 bridgehead atoms. The number of nitrogens with one attached hydrogen (secondary N) is 1. The fourth-order valence-corrected chi connectivity index (χ4v) is 2.73. The predicted molar refractivity (Wildman–Crippen MR) is 81.7 cm³/mol. The third-order valence-corrected chi connectivity index (χ3v) is 4.24. The minimum absolute atomic E-state index is 0.0702. The molecule has 0 radical (unpaired) electrons. The van der Waals surface area contributed by atoms with Gasteiger partial charge in [-0.2, -0.15) is 4.68 Å². The second-order valence-electron chi connectivity index (χ2n) is 5.81. The summed E-state index contributed by atoms with van der Waals surface area (Å²) in [6.45, 7) is 4.99. The quantitative estimate of drug-likeness (QED) is 0.749. The van der Waals surface area contributed by atoms with E-state index >= 15 is 0 Å². The van der Waals surface area contributed by atoms with Gasteiger partial charge < -0.3 is 9.80 Å². The van der Waals surface area contributed by atoms with Crippen LogP contribution >= 0.6 is 0 Å². The molecule has 2 aromatic rings. The second kappa shape index (κ2) is 5.84. The molecular weight excluding hydrogens is 282 g/mol. The van der Waals surface area contributed by atoms with Crippen molar-refractivity contribution in [3.8, 4) is 0 Å². The van der Waals surface area contributed by atoms with Crippen LogP contribution in [-0.2, 0) is 4.79 Å². The lowest BCUT2D eigenvalue weighted by Gasteiger charge is -2.31. The molecule has 2 heterocycles. The number of rotatable bonds is 2. The molecule has 7 heteroatoms. The van der Waals surface area contributed by atoms with Gasteiger partial charge in [0, 0.05) is 0 Å². The fraction of sp³-hybridized carbons (Fsp3) is 0.467. The van der Waals surface area contributed by atoms with Gasteiger partial charge in [-0.15, -0.1) is 5.10 Å². The Hall–Kier alpha value is -2.28. The predicted octanol–water partition coefficient (Wildman–Crippen LogP) is -1.29. The number of benzene rings is 1. The first-order valence-electron chi connectivity index (χ1n) is 7.52. The zero-order valence-electron chi connectivity index (χ0n) is 12.8. The SMILES string of the molecule is C[C@@H](C(=O)N1CC[NH+](C)CC1)n1nnc2ccccc2c1=O. The van der Waals surface area contributed by atoms with E-state index in [1.54, 1.807) is 30.0 Å². The maximum absolute atomic E-state index is 12.6. The van der Waals surface area contributed by atoms with E-state index in [0.717, 1.165) is 13.1 Å². The van der Waals surface area contributed by atoms with Gasteiger partial charge in [-0.1, -0.05) is 17.3 Å². The molecule has 22 heavy (non-hydrogen) atoms. The van der Waals surface area contributed by atoms with E-state index in [0.29, 0.717) is 24.0 Å². The van der Waals surface area contributed by atoms with Crippen LogP contribution in [0, 0.1) is 0 Å². The van der Waals surface area contributed by atoms with Crippen LogP contribution in [0.5, 0.6) is 0 Å². The number of piperazine rings is 1. The van der Waals surface area contributed by atoms with Gasteiger partial charge in [0.2, 0.25) is 5.91 Å². The molecule has 1 aliphatic heterocycles. The summed E-state index contributed by atoms with van der Waals surface area (Å²) in [4.78, 5) is 28.3. The number of amides is 1. The Morgan fingerprint density at radius 2 is 1.95 bits per heavy atom. The van der Waals surface area contributed by atoms with Gasteiger partial charge in [-0.05, 0) is 19.1 Å². The smallest absolute Gasteiger partial charge is 0.278 e. The zero-order chi connectivity index (χ0) is 15.7. The number of quaternary nitrogens is 1. The Labute approximate surface area is 128 Å². The summed E-state index contributed by atoms with van der Waals surface area (Å²) in [7, 11) is 2.12. The van der Waals surface area contributed by atoms with Gasteiger partial charge in [0.1, 0.15) is 11.6 Å². The normalized spacial score (nSPS) is 17.6. The molecule has 116 valence electrons. The van der Waals surface area contributed by atoms with E-state index in [1.165, 1.54) is 9.58 Å². The Morgan fingerprint density at radius 1 is 1.27 bits per heavy atom. The van der Waals surface area contributed by atoms with Crippen LogP contribution in [0.4, 0.5) is 0 Å². The van der Waals surface area contributed by atoms with E-state index in [2.05, 4.69) is 17.4 Å². The molecule has 0 unspecified atom stereocenters. The molecule has 3 rings (SSSR count). The highest BCUT2D eigenvalue weighted by Crippen LogP contribution is 2.09. The largest absolute Gasteiger partial charge is 0.334 e. The van der Waals surface area contributed by atoms with Crippen molar-refractivity contribution < 1.29 is 9.69 Å². The molecule has 1 aromatic carbocycles. The van der Waals surface area contributed by atoms with E-state index in [4.69, 9.17) is 0 Å². The minimum Gasteiger partial charge on any atom is -0.334 e. The van der Waals surface area contributed by atoms with Gasteiger partial charge in [-0.25, -0.2) is 0 Å². The molecule has 1 N–H and O–H groups in total. The van der Waals surface area contributed by atoms with Crippen LogP contribution in [0.15, 0.2) is 29.1 Å². The van der Waals surface area contributed by atoms with Crippen LogP contribution in [0.25, 0.3) is 10.9 Å². The van der Waals surface area contributed by atoms with Crippen molar-refractivity contribution in [2.75, 3.05) is 33.2 Å². The molecule has 1 aliphatic rings. The minimum atomic E-state index is -0.636. The third kappa shape index (κ3) is 2.59. The Bertz CT molecular complexity index is 749. The summed E-state index contributed by atoms with van der Waals surface area (Å²) in [5.74, 6) is -0.0702.